The van der Waals surface area contributed by atoms with Crippen LogP contribution in [-0.2, 0) is 52.4 Å². The standard InChI is InChI=1S/C34H40O12/c1-7-33-13-11-22-21-10-9-20(38)15-24(21)26(16-23(22)25(33)12-14-34(33,40)8-2)45-32-30(44-19(5)37)28(43-18(4)36)27(42-17(3)35)29(46-32)31(39)41-6/h2,11,13,15,23,25-30,32,40H,7,9-10,12,14,16H2,1,3-6H3/t23-,25+,26+,27-,28-,29-,30+,32+,33+,34+/m1/s1. The van der Waals surface area contributed by atoms with Gasteiger partial charge in [-0.05, 0) is 66.7 Å². The molecule has 1 aliphatic heterocycles. The third-order valence-electron chi connectivity index (χ3n) is 10.1. The normalized spacial score (nSPS) is 37.9. The van der Waals surface area contributed by atoms with Crippen molar-refractivity contribution in [1.29, 1.82) is 0 Å². The Morgan fingerprint density at radius 1 is 1.04 bits per heavy atom. The van der Waals surface area contributed by atoms with Crippen molar-refractivity contribution in [2.75, 3.05) is 7.11 Å². The van der Waals surface area contributed by atoms with Gasteiger partial charge in [0.15, 0.2) is 30.2 Å². The van der Waals surface area contributed by atoms with Gasteiger partial charge < -0.3 is 33.5 Å². The second-order valence-corrected chi connectivity index (χ2v) is 12.5. The maximum absolute atomic E-state index is 12.9. The fourth-order valence-corrected chi connectivity index (χ4v) is 8.22. The molecule has 0 amide bonds. The summed E-state index contributed by atoms with van der Waals surface area (Å²) in [6, 6.07) is 0. The van der Waals surface area contributed by atoms with Crippen molar-refractivity contribution in [3.63, 3.8) is 0 Å². The molecule has 5 rings (SSSR count). The minimum atomic E-state index is -1.61. The molecule has 1 heterocycles. The number of carbonyl (C=O) groups excluding carboxylic acids is 5. The first-order chi connectivity index (χ1) is 21.8. The van der Waals surface area contributed by atoms with Crippen molar-refractivity contribution in [2.24, 2.45) is 17.3 Å². The lowest BCUT2D eigenvalue weighted by atomic mass is 9.56. The number of hydrogen-bond donors (Lipinski definition) is 1. The monoisotopic (exact) mass is 640 g/mol. The number of rotatable bonds is 7. The summed E-state index contributed by atoms with van der Waals surface area (Å²) < 4.78 is 34.0. The summed E-state index contributed by atoms with van der Waals surface area (Å²) in [6.45, 7) is 5.35. The molecule has 0 spiro atoms. The van der Waals surface area contributed by atoms with E-state index in [4.69, 9.17) is 34.8 Å². The number of ether oxygens (including phenoxy) is 6. The first-order valence-corrected chi connectivity index (χ1v) is 15.6. The zero-order valence-electron chi connectivity index (χ0n) is 26.6. The van der Waals surface area contributed by atoms with Crippen LogP contribution in [0.4, 0.5) is 0 Å². The molecule has 1 saturated heterocycles. The number of ketones is 1. The molecule has 10 atom stereocenters. The largest absolute Gasteiger partial charge is 0.467 e. The molecule has 0 bridgehead atoms. The molecule has 248 valence electrons. The van der Waals surface area contributed by atoms with Gasteiger partial charge in [0.05, 0.1) is 13.2 Å². The number of terminal acetylenes is 1. The minimum absolute atomic E-state index is 0.0298. The molecule has 1 N–H and O–H groups in total. The molecule has 0 aromatic rings. The molecular formula is C34H40O12. The fraction of sp³-hybridized carbons (Fsp3) is 0.618. The van der Waals surface area contributed by atoms with E-state index in [2.05, 4.69) is 5.92 Å². The lowest BCUT2D eigenvalue weighted by Gasteiger charge is -2.50. The highest BCUT2D eigenvalue weighted by Crippen LogP contribution is 2.62. The zero-order valence-corrected chi connectivity index (χ0v) is 26.6. The van der Waals surface area contributed by atoms with E-state index in [0.717, 1.165) is 39.0 Å². The Balaban J connectivity index is 1.58. The Hall–Kier alpha value is -3.79. The van der Waals surface area contributed by atoms with E-state index in [9.17, 15) is 29.1 Å². The van der Waals surface area contributed by atoms with Gasteiger partial charge in [0.1, 0.15) is 5.60 Å². The minimum Gasteiger partial charge on any atom is -0.467 e. The van der Waals surface area contributed by atoms with Gasteiger partial charge in [0.25, 0.3) is 0 Å². The number of allylic oxidation sites excluding steroid dienone is 3. The average Bonchev–Trinajstić information content (AvgIpc) is 3.32. The quantitative estimate of drug-likeness (QED) is 0.246. The number of carbonyl (C=O) groups is 5. The van der Waals surface area contributed by atoms with Gasteiger partial charge >= 0.3 is 23.9 Å². The van der Waals surface area contributed by atoms with Crippen LogP contribution in [0, 0.1) is 29.6 Å². The molecule has 0 aromatic heterocycles. The summed E-state index contributed by atoms with van der Waals surface area (Å²) in [6.07, 6.45) is 5.93. The molecule has 12 heteroatoms. The van der Waals surface area contributed by atoms with Crippen molar-refractivity contribution in [2.45, 2.75) is 109 Å². The summed E-state index contributed by atoms with van der Waals surface area (Å²) in [5.41, 5.74) is 0.652. The smallest absolute Gasteiger partial charge is 0.339 e. The second kappa shape index (κ2) is 12.8. The Morgan fingerprint density at radius 3 is 2.30 bits per heavy atom. The molecule has 1 saturated carbocycles. The van der Waals surface area contributed by atoms with E-state index < -0.39 is 71.7 Å². The maximum Gasteiger partial charge on any atom is 0.339 e. The molecule has 2 fully saturated rings. The van der Waals surface area contributed by atoms with E-state index in [-0.39, 0.29) is 17.6 Å². The first-order valence-electron chi connectivity index (χ1n) is 15.6. The van der Waals surface area contributed by atoms with Gasteiger partial charge in [0.2, 0.25) is 6.29 Å². The van der Waals surface area contributed by atoms with E-state index >= 15 is 0 Å². The summed E-state index contributed by atoms with van der Waals surface area (Å²) in [5.74, 6) is -0.896. The van der Waals surface area contributed by atoms with Gasteiger partial charge in [-0.1, -0.05) is 25.0 Å². The van der Waals surface area contributed by atoms with E-state index in [1.165, 1.54) is 0 Å². The van der Waals surface area contributed by atoms with Crippen LogP contribution < -0.4 is 0 Å². The van der Waals surface area contributed by atoms with Crippen LogP contribution in [0.1, 0.15) is 66.2 Å². The van der Waals surface area contributed by atoms with Crippen LogP contribution in [-0.4, -0.2) is 84.3 Å². The second-order valence-electron chi connectivity index (χ2n) is 12.5. The van der Waals surface area contributed by atoms with Crippen molar-refractivity contribution in [3.8, 4) is 12.3 Å². The predicted molar refractivity (Wildman–Crippen MR) is 158 cm³/mol. The molecule has 0 unspecified atom stereocenters. The summed E-state index contributed by atoms with van der Waals surface area (Å²) >= 11 is 0. The van der Waals surface area contributed by atoms with Gasteiger partial charge in [0, 0.05) is 32.6 Å². The Morgan fingerprint density at radius 2 is 1.70 bits per heavy atom. The zero-order chi connectivity index (χ0) is 33.6. The Bertz CT molecular complexity index is 1450. The molecule has 0 aromatic carbocycles. The highest BCUT2D eigenvalue weighted by Gasteiger charge is 2.62. The van der Waals surface area contributed by atoms with Gasteiger partial charge in [-0.25, -0.2) is 4.79 Å². The molecule has 4 aliphatic carbocycles. The predicted octanol–water partition coefficient (Wildman–Crippen LogP) is 2.41. The van der Waals surface area contributed by atoms with Crippen LogP contribution in [0.15, 0.2) is 34.9 Å². The molecule has 0 radical (unpaired) electrons. The maximum atomic E-state index is 12.9. The molecule has 5 aliphatic rings. The van der Waals surface area contributed by atoms with Crippen LogP contribution in [0.5, 0.6) is 0 Å². The number of methoxy groups -OCH3 is 1. The highest BCUT2D eigenvalue weighted by molar-refractivity contribution is 5.93. The van der Waals surface area contributed by atoms with Gasteiger partial charge in [-0.15, -0.1) is 6.42 Å². The van der Waals surface area contributed by atoms with Crippen LogP contribution in [0.25, 0.3) is 0 Å². The van der Waals surface area contributed by atoms with Crippen LogP contribution >= 0.6 is 0 Å². The van der Waals surface area contributed by atoms with Gasteiger partial charge in [-0.3, -0.25) is 19.2 Å². The third kappa shape index (κ3) is 5.69. The van der Waals surface area contributed by atoms with E-state index in [0.29, 0.717) is 44.1 Å². The summed E-state index contributed by atoms with van der Waals surface area (Å²) in [4.78, 5) is 62.3. The Labute approximate surface area is 267 Å². The van der Waals surface area contributed by atoms with Crippen molar-refractivity contribution >= 4 is 29.7 Å². The summed E-state index contributed by atoms with van der Waals surface area (Å²) in [5, 5.41) is 11.6. The average molecular weight is 641 g/mol. The molecule has 46 heavy (non-hydrogen) atoms. The first kappa shape index (κ1) is 33.6. The SMILES string of the molecule is C#C[C@]1(O)CC[C@H]2[C@@H]3C[C@H](O[C@H]4O[C@@H](C(=O)OC)[C@H](OC(C)=O)[C@@H](OC(C)=O)[C@@H]4OC(C)=O)C4=CC(=O)CCC4=C3C=C[C@@]21CC. The van der Waals surface area contributed by atoms with E-state index in [1.807, 2.05) is 19.1 Å². The van der Waals surface area contributed by atoms with E-state index in [1.54, 1.807) is 6.08 Å². The van der Waals surface area contributed by atoms with Crippen LogP contribution in [0.3, 0.4) is 0 Å². The number of aliphatic hydroxyl groups is 1. The third-order valence-corrected chi connectivity index (χ3v) is 10.1. The number of hydrogen-bond acceptors (Lipinski definition) is 12. The fourth-order valence-electron chi connectivity index (χ4n) is 8.22. The van der Waals surface area contributed by atoms with Crippen molar-refractivity contribution < 1.29 is 57.5 Å². The highest BCUT2D eigenvalue weighted by atomic mass is 16.7. The van der Waals surface area contributed by atoms with Crippen LogP contribution in [0.2, 0.25) is 0 Å². The molecule has 12 nitrogen and oxygen atoms in total. The number of fused-ring (bicyclic) bond motifs is 4. The van der Waals surface area contributed by atoms with Gasteiger partial charge in [-0.2, -0.15) is 0 Å². The molecular weight excluding hydrogens is 600 g/mol. The number of esters is 4. The lowest BCUT2D eigenvalue weighted by Crippen LogP contribution is -2.64. The lowest BCUT2D eigenvalue weighted by molar-refractivity contribution is -0.308. The van der Waals surface area contributed by atoms with Crippen molar-refractivity contribution in [3.05, 3.63) is 34.9 Å². The summed E-state index contributed by atoms with van der Waals surface area (Å²) in [7, 11) is 1.11. The topological polar surface area (TPSA) is 161 Å². The Kier molecular flexibility index (Phi) is 9.33. The van der Waals surface area contributed by atoms with Crippen molar-refractivity contribution in [1.82, 2.24) is 0 Å².